The lowest BCUT2D eigenvalue weighted by Crippen LogP contribution is -2.43. The topological polar surface area (TPSA) is 86.8 Å². The highest BCUT2D eigenvalue weighted by Crippen LogP contribution is 2.25. The summed E-state index contributed by atoms with van der Waals surface area (Å²) in [5, 5.41) is 19.3. The predicted octanol–water partition coefficient (Wildman–Crippen LogP) is 1.70. The van der Waals surface area contributed by atoms with Crippen molar-refractivity contribution < 1.29 is 15.0 Å². The van der Waals surface area contributed by atoms with Crippen LogP contribution < -0.4 is 5.73 Å². The first kappa shape index (κ1) is 14.8. The Balaban J connectivity index is 2.17. The van der Waals surface area contributed by atoms with Gasteiger partial charge in [0.05, 0.1) is 11.7 Å². The summed E-state index contributed by atoms with van der Waals surface area (Å²) in [6.45, 7) is 0.481. The molecule has 1 fully saturated rings. The molecule has 2 atom stereocenters. The van der Waals surface area contributed by atoms with E-state index in [1.54, 1.807) is 18.2 Å². The molecule has 0 bridgehead atoms. The standard InChI is InChI=1S/C15H22N2O3/c1-17(12-7-2-3-8-13(12)18)9-10-5-4-6-11(16)14(10)15(19)20/h4-6,12-13,18H,2-3,7-9,16H2,1H3,(H,19,20). The van der Waals surface area contributed by atoms with E-state index >= 15 is 0 Å². The molecule has 2 rings (SSSR count). The van der Waals surface area contributed by atoms with Gasteiger partial charge < -0.3 is 15.9 Å². The van der Waals surface area contributed by atoms with Crippen molar-refractivity contribution in [3.8, 4) is 0 Å². The Morgan fingerprint density at radius 3 is 2.75 bits per heavy atom. The minimum absolute atomic E-state index is 0.0897. The van der Waals surface area contributed by atoms with E-state index in [0.29, 0.717) is 12.1 Å². The Bertz CT molecular complexity index is 490. The van der Waals surface area contributed by atoms with Gasteiger partial charge in [-0.05, 0) is 31.5 Å². The van der Waals surface area contributed by atoms with Crippen molar-refractivity contribution >= 4 is 11.7 Å². The van der Waals surface area contributed by atoms with Crippen LogP contribution >= 0.6 is 0 Å². The van der Waals surface area contributed by atoms with Gasteiger partial charge in [-0.2, -0.15) is 0 Å². The van der Waals surface area contributed by atoms with Crippen LogP contribution in [0.5, 0.6) is 0 Å². The summed E-state index contributed by atoms with van der Waals surface area (Å²) in [5.41, 5.74) is 6.90. The number of likely N-dealkylation sites (N-methyl/N-ethyl adjacent to an activating group) is 1. The van der Waals surface area contributed by atoms with Gasteiger partial charge in [0.1, 0.15) is 0 Å². The van der Waals surface area contributed by atoms with E-state index in [4.69, 9.17) is 5.73 Å². The number of benzene rings is 1. The van der Waals surface area contributed by atoms with Crippen molar-refractivity contribution in [2.24, 2.45) is 0 Å². The van der Waals surface area contributed by atoms with E-state index in [-0.39, 0.29) is 23.4 Å². The Hall–Kier alpha value is -1.59. The third-order valence-corrected chi connectivity index (χ3v) is 4.08. The SMILES string of the molecule is CN(Cc1cccc(N)c1C(=O)O)C1CCCCC1O. The second kappa shape index (κ2) is 6.24. The highest BCUT2D eigenvalue weighted by atomic mass is 16.4. The molecular formula is C15H22N2O3. The Kier molecular flexibility index (Phi) is 4.62. The lowest BCUT2D eigenvalue weighted by Gasteiger charge is -2.35. The van der Waals surface area contributed by atoms with Crippen molar-refractivity contribution in [1.82, 2.24) is 4.90 Å². The number of aliphatic hydroxyl groups excluding tert-OH is 1. The van der Waals surface area contributed by atoms with Crippen LogP contribution in [0.2, 0.25) is 0 Å². The molecule has 1 saturated carbocycles. The maximum Gasteiger partial charge on any atom is 0.338 e. The van der Waals surface area contributed by atoms with E-state index in [1.165, 1.54) is 0 Å². The van der Waals surface area contributed by atoms with Crippen LogP contribution in [0, 0.1) is 0 Å². The number of carbonyl (C=O) groups is 1. The van der Waals surface area contributed by atoms with Crippen LogP contribution in [-0.2, 0) is 6.54 Å². The molecule has 1 aliphatic rings. The zero-order chi connectivity index (χ0) is 14.7. The van der Waals surface area contributed by atoms with Crippen molar-refractivity contribution in [2.45, 2.75) is 44.4 Å². The molecule has 2 unspecified atom stereocenters. The van der Waals surface area contributed by atoms with Gasteiger partial charge in [-0.1, -0.05) is 25.0 Å². The number of nitrogens with zero attached hydrogens (tertiary/aromatic N) is 1. The average Bonchev–Trinajstić information content (AvgIpc) is 2.38. The molecule has 20 heavy (non-hydrogen) atoms. The molecule has 1 aliphatic carbocycles. The highest BCUT2D eigenvalue weighted by molar-refractivity contribution is 5.95. The molecule has 0 radical (unpaired) electrons. The molecule has 1 aromatic carbocycles. The van der Waals surface area contributed by atoms with Gasteiger partial charge in [-0.15, -0.1) is 0 Å². The lowest BCUT2D eigenvalue weighted by atomic mass is 9.91. The van der Waals surface area contributed by atoms with Crippen LogP contribution in [0.1, 0.15) is 41.6 Å². The normalized spacial score (nSPS) is 22.9. The first-order valence-corrected chi connectivity index (χ1v) is 6.99. The highest BCUT2D eigenvalue weighted by Gasteiger charge is 2.27. The van der Waals surface area contributed by atoms with Gasteiger partial charge in [0.25, 0.3) is 0 Å². The second-order valence-corrected chi connectivity index (χ2v) is 5.52. The molecule has 4 N–H and O–H groups in total. The van der Waals surface area contributed by atoms with E-state index in [9.17, 15) is 15.0 Å². The molecule has 110 valence electrons. The summed E-state index contributed by atoms with van der Waals surface area (Å²) in [4.78, 5) is 13.3. The van der Waals surface area contributed by atoms with Gasteiger partial charge in [0.2, 0.25) is 0 Å². The summed E-state index contributed by atoms with van der Waals surface area (Å²) in [6, 6.07) is 5.24. The molecule has 0 saturated heterocycles. The van der Waals surface area contributed by atoms with Crippen molar-refractivity contribution in [3.05, 3.63) is 29.3 Å². The molecule has 0 spiro atoms. The quantitative estimate of drug-likeness (QED) is 0.730. The Morgan fingerprint density at radius 1 is 1.40 bits per heavy atom. The molecule has 0 aliphatic heterocycles. The van der Waals surface area contributed by atoms with Crippen LogP contribution in [0.3, 0.4) is 0 Å². The number of hydrogen-bond acceptors (Lipinski definition) is 4. The van der Waals surface area contributed by atoms with Crippen LogP contribution in [0.25, 0.3) is 0 Å². The monoisotopic (exact) mass is 278 g/mol. The van der Waals surface area contributed by atoms with Crippen LogP contribution in [0.15, 0.2) is 18.2 Å². The summed E-state index contributed by atoms with van der Waals surface area (Å²) in [5.74, 6) is -1.00. The molecule has 0 amide bonds. The van der Waals surface area contributed by atoms with Gasteiger partial charge in [-0.3, -0.25) is 4.90 Å². The van der Waals surface area contributed by atoms with Crippen LogP contribution in [-0.4, -0.2) is 40.3 Å². The summed E-state index contributed by atoms with van der Waals surface area (Å²) in [6.07, 6.45) is 3.60. The first-order valence-electron chi connectivity index (χ1n) is 6.99. The van der Waals surface area contributed by atoms with E-state index in [2.05, 4.69) is 0 Å². The van der Waals surface area contributed by atoms with Crippen molar-refractivity contribution in [3.63, 3.8) is 0 Å². The summed E-state index contributed by atoms with van der Waals surface area (Å²) < 4.78 is 0. The molecule has 0 heterocycles. The maximum atomic E-state index is 11.3. The number of anilines is 1. The van der Waals surface area contributed by atoms with E-state index < -0.39 is 5.97 Å². The van der Waals surface area contributed by atoms with E-state index in [1.807, 2.05) is 11.9 Å². The number of carboxylic acid groups (broad SMARTS) is 1. The number of aromatic carboxylic acids is 1. The van der Waals surface area contributed by atoms with Crippen molar-refractivity contribution in [1.29, 1.82) is 0 Å². The Morgan fingerprint density at radius 2 is 2.10 bits per heavy atom. The Labute approximate surface area is 119 Å². The van der Waals surface area contributed by atoms with Gasteiger partial charge in [0.15, 0.2) is 0 Å². The second-order valence-electron chi connectivity index (χ2n) is 5.52. The number of nitrogen functional groups attached to an aromatic ring is 1. The molecule has 5 nitrogen and oxygen atoms in total. The fourth-order valence-electron chi connectivity index (χ4n) is 3.00. The number of hydrogen-bond donors (Lipinski definition) is 3. The van der Waals surface area contributed by atoms with Gasteiger partial charge in [0, 0.05) is 18.3 Å². The number of rotatable bonds is 4. The molecular weight excluding hydrogens is 256 g/mol. The van der Waals surface area contributed by atoms with Crippen molar-refractivity contribution in [2.75, 3.05) is 12.8 Å². The van der Waals surface area contributed by atoms with E-state index in [0.717, 1.165) is 25.7 Å². The third-order valence-electron chi connectivity index (χ3n) is 4.08. The fraction of sp³-hybridized carbons (Fsp3) is 0.533. The van der Waals surface area contributed by atoms with Crippen LogP contribution in [0.4, 0.5) is 5.69 Å². The molecule has 5 heteroatoms. The predicted molar refractivity (Wildman–Crippen MR) is 77.5 cm³/mol. The van der Waals surface area contributed by atoms with Gasteiger partial charge in [-0.25, -0.2) is 4.79 Å². The maximum absolute atomic E-state index is 11.3. The summed E-state index contributed by atoms with van der Waals surface area (Å²) >= 11 is 0. The third kappa shape index (κ3) is 3.11. The number of nitrogens with two attached hydrogens (primary N) is 1. The number of aliphatic hydroxyl groups is 1. The minimum Gasteiger partial charge on any atom is -0.478 e. The minimum atomic E-state index is -1.00. The first-order chi connectivity index (χ1) is 9.50. The molecule has 1 aromatic rings. The summed E-state index contributed by atoms with van der Waals surface area (Å²) in [7, 11) is 1.92. The zero-order valence-corrected chi connectivity index (χ0v) is 11.7. The smallest absolute Gasteiger partial charge is 0.338 e. The fourth-order valence-corrected chi connectivity index (χ4v) is 3.00. The molecule has 0 aromatic heterocycles. The lowest BCUT2D eigenvalue weighted by molar-refractivity contribution is 0.0286. The van der Waals surface area contributed by atoms with Gasteiger partial charge >= 0.3 is 5.97 Å². The largest absolute Gasteiger partial charge is 0.478 e. The number of carboxylic acids is 1. The zero-order valence-electron chi connectivity index (χ0n) is 11.7. The average molecular weight is 278 g/mol.